The fourth-order valence-electron chi connectivity index (χ4n) is 20.4. The van der Waals surface area contributed by atoms with Crippen LogP contribution in [-0.4, -0.2) is 46.6 Å². The number of allylic oxidation sites excluding steroid dienone is 9. The molecule has 15 aliphatic rings. The van der Waals surface area contributed by atoms with Gasteiger partial charge in [0.15, 0.2) is 0 Å². The van der Waals surface area contributed by atoms with Crippen LogP contribution in [0.5, 0.6) is 0 Å². The van der Waals surface area contributed by atoms with Gasteiger partial charge in [-0.25, -0.2) is 0 Å². The summed E-state index contributed by atoms with van der Waals surface area (Å²) in [7, 11) is 0. The van der Waals surface area contributed by atoms with Crippen LogP contribution in [0.3, 0.4) is 0 Å². The molecule has 0 radical (unpaired) electrons. The maximum atomic E-state index is 14.2. The first kappa shape index (κ1) is 50.7. The molecule has 2 aromatic rings. The Balaban J connectivity index is 1.04. The van der Waals surface area contributed by atoms with Crippen molar-refractivity contribution >= 4 is 23.2 Å². The van der Waals surface area contributed by atoms with Crippen molar-refractivity contribution < 1.29 is 20.1 Å². The Hall–Kier alpha value is -4.83. The molecule has 3 saturated carbocycles. The van der Waals surface area contributed by atoms with Gasteiger partial charge in [0.25, 0.3) is 0 Å². The Bertz CT molecular complexity index is 3050. The Morgan fingerprint density at radius 2 is 1.76 bits per heavy atom. The molecule has 400 valence electrons. The van der Waals surface area contributed by atoms with E-state index < -0.39 is 34.9 Å². The molecule has 2 aromatic carbocycles. The normalized spacial score (nSPS) is 39.3. The van der Waals surface area contributed by atoms with Gasteiger partial charge in [0.1, 0.15) is 0 Å². The van der Waals surface area contributed by atoms with E-state index in [0.29, 0.717) is 43.9 Å². The van der Waals surface area contributed by atoms with Gasteiger partial charge in [-0.05, 0) is 163 Å². The predicted octanol–water partition coefficient (Wildman–Crippen LogP) is 12.7. The molecule has 13 unspecified atom stereocenters. The van der Waals surface area contributed by atoms with Crippen molar-refractivity contribution in [1.29, 1.82) is 0 Å². The summed E-state index contributed by atoms with van der Waals surface area (Å²) in [5.74, 6) is 8.31. The number of nitrogens with one attached hydrogen (secondary N) is 2. The standard InChI is InChI=1S/C70H86N2O4/c1-4-5-6-13-35-69-43-59(73)63-54(64(75)76)28-26-45(2)51(46-18-8-7-9-19-46)25-16-38-71-61-29-27-50(44-72-61)47-21-15-22-48(39-47)52-24-12-14-33-68-34-17-32-67-41-55-57(40-49-20-10-11-23-53(49)62(52)55)70(65(67)68,37-31-60(68)74)56(58(69)42-67)30-36-66(63,69)3/h10-11,15,17,20-23,27,29,32,39-41,46,51-52,54,57,59-60,63,65,71-74H,2,4-9,13,16,18-19,24-26,28,30-31,33-38,42-44H2,1,3H3,(H,75,76). The monoisotopic (exact) mass is 1020 g/mol. The fourth-order valence-corrected chi connectivity index (χ4v) is 20.4. The topological polar surface area (TPSA) is 102 Å². The molecule has 6 aliphatic heterocycles. The summed E-state index contributed by atoms with van der Waals surface area (Å²) in [5.41, 5.74) is 9.36. The number of dihydropyridines is 1. The third-order valence-electron chi connectivity index (χ3n) is 23.5. The van der Waals surface area contributed by atoms with Gasteiger partial charge in [-0.15, -0.1) is 11.8 Å². The zero-order chi connectivity index (χ0) is 52.0. The van der Waals surface area contributed by atoms with Gasteiger partial charge in [0.2, 0.25) is 0 Å². The highest BCUT2D eigenvalue weighted by atomic mass is 16.4. The van der Waals surface area contributed by atoms with Crippen LogP contribution >= 0.6 is 0 Å². The molecule has 3 fully saturated rings. The maximum absolute atomic E-state index is 14.2. The number of hydrogen-bond acceptors (Lipinski definition) is 5. The Morgan fingerprint density at radius 1 is 0.895 bits per heavy atom. The fraction of sp³-hybridized carbons (Fsp3) is 0.586. The summed E-state index contributed by atoms with van der Waals surface area (Å²) >= 11 is 0. The van der Waals surface area contributed by atoms with Crippen LogP contribution in [-0.2, 0) is 4.79 Å². The molecule has 17 bridgehead atoms. The number of unbranched alkanes of at least 4 members (excludes halogenated alkanes) is 3. The summed E-state index contributed by atoms with van der Waals surface area (Å²) in [5, 5.41) is 47.8. The largest absolute Gasteiger partial charge is 0.481 e. The zero-order valence-corrected chi connectivity index (χ0v) is 45.9. The van der Waals surface area contributed by atoms with Crippen LogP contribution < -0.4 is 21.1 Å². The number of carboxylic acids is 1. The van der Waals surface area contributed by atoms with E-state index in [1.807, 2.05) is 0 Å². The molecule has 6 nitrogen and oxygen atoms in total. The lowest BCUT2D eigenvalue weighted by Crippen LogP contribution is -2.68. The van der Waals surface area contributed by atoms with Crippen LogP contribution in [0.25, 0.3) is 17.2 Å². The van der Waals surface area contributed by atoms with Gasteiger partial charge < -0.3 is 26.0 Å². The number of benzene rings is 2. The summed E-state index contributed by atoms with van der Waals surface area (Å²) in [6.45, 7) is 11.2. The van der Waals surface area contributed by atoms with E-state index in [9.17, 15) is 20.1 Å². The van der Waals surface area contributed by atoms with Gasteiger partial charge in [-0.2, -0.15) is 0 Å². The van der Waals surface area contributed by atoms with Crippen molar-refractivity contribution in [3.05, 3.63) is 135 Å². The van der Waals surface area contributed by atoms with Crippen molar-refractivity contribution in [2.45, 2.75) is 180 Å². The van der Waals surface area contributed by atoms with Gasteiger partial charge in [0.05, 0.1) is 23.9 Å². The minimum absolute atomic E-state index is 0.0361. The number of carboxylic acid groups (broad SMARTS) is 1. The van der Waals surface area contributed by atoms with E-state index in [0.717, 1.165) is 96.0 Å². The predicted molar refractivity (Wildman–Crippen MR) is 306 cm³/mol. The molecule has 76 heavy (non-hydrogen) atoms. The first-order chi connectivity index (χ1) is 37.0. The third kappa shape index (κ3) is 7.64. The number of rotatable bonds is 7. The van der Waals surface area contributed by atoms with Crippen LogP contribution in [0, 0.1) is 74.4 Å². The van der Waals surface area contributed by atoms with Crippen molar-refractivity contribution in [2.24, 2.45) is 62.6 Å². The molecule has 13 atom stereocenters. The lowest BCUT2D eigenvalue weighted by Gasteiger charge is -2.73. The lowest BCUT2D eigenvalue weighted by atomic mass is 9.30. The van der Waals surface area contributed by atoms with Crippen molar-refractivity contribution in [1.82, 2.24) is 10.6 Å². The summed E-state index contributed by atoms with van der Waals surface area (Å²) in [6.07, 6.45) is 36.2. The van der Waals surface area contributed by atoms with E-state index in [1.54, 1.807) is 11.1 Å². The van der Waals surface area contributed by atoms with E-state index in [-0.39, 0.29) is 39.9 Å². The molecular formula is C70H86N2O4. The highest BCUT2D eigenvalue weighted by molar-refractivity contribution is 5.80. The SMILES string of the molecule is C=C1CCC(C(=O)O)C2C(O)CC3(CCCCCC)C4=C(CCC23C)C23CCC(O)C56CC#CCC(C7=c8ccccc8=CC2C7=CC(C=CC5)(C4)C63)c2cccc(c2)C2=CC=C(NCCCC1C1CCCCC1)NC2. The van der Waals surface area contributed by atoms with Crippen LogP contribution in [0.15, 0.2) is 114 Å². The smallest absolute Gasteiger partial charge is 0.306 e. The maximum Gasteiger partial charge on any atom is 0.306 e. The zero-order valence-electron chi connectivity index (χ0n) is 45.9. The average molecular weight is 1020 g/mol. The lowest BCUT2D eigenvalue weighted by molar-refractivity contribution is -0.167. The number of fused-ring (bicyclic) bond motifs is 1. The summed E-state index contributed by atoms with van der Waals surface area (Å²) < 4.78 is 0. The average Bonchev–Trinajstić information content (AvgIpc) is 2.66. The Kier molecular flexibility index (Phi) is 13.0. The summed E-state index contributed by atoms with van der Waals surface area (Å²) in [4.78, 5) is 14.2. The Labute approximate surface area is 454 Å². The Morgan fingerprint density at radius 3 is 2.59 bits per heavy atom. The van der Waals surface area contributed by atoms with Crippen LogP contribution in [0.2, 0.25) is 0 Å². The quantitative estimate of drug-likeness (QED) is 0.108. The minimum atomic E-state index is -0.742. The number of hydrogen-bond donors (Lipinski definition) is 5. The van der Waals surface area contributed by atoms with Gasteiger partial charge in [0, 0.05) is 59.9 Å². The third-order valence-corrected chi connectivity index (χ3v) is 23.5. The molecule has 0 saturated heterocycles. The van der Waals surface area contributed by atoms with E-state index in [1.165, 1.54) is 82.4 Å². The molecule has 2 spiro atoms. The first-order valence-corrected chi connectivity index (χ1v) is 30.6. The highest BCUT2D eigenvalue weighted by Gasteiger charge is 2.75. The second kappa shape index (κ2) is 19.5. The van der Waals surface area contributed by atoms with Crippen molar-refractivity contribution in [3.8, 4) is 11.8 Å². The van der Waals surface area contributed by atoms with E-state index >= 15 is 0 Å². The molecule has 9 aliphatic carbocycles. The number of aliphatic hydroxyl groups excluding tert-OH is 2. The molecule has 5 N–H and O–H groups in total. The molecule has 6 heterocycles. The molecule has 0 aromatic heterocycles. The van der Waals surface area contributed by atoms with Crippen molar-refractivity contribution in [2.75, 3.05) is 13.1 Å². The molecular weight excluding hydrogens is 933 g/mol. The van der Waals surface area contributed by atoms with Crippen LogP contribution in [0.1, 0.15) is 179 Å². The van der Waals surface area contributed by atoms with Crippen LogP contribution in [0.4, 0.5) is 0 Å². The number of aliphatic hydroxyl groups is 2. The number of carbonyl (C=O) groups is 1. The second-order valence-corrected chi connectivity index (χ2v) is 26.7. The van der Waals surface area contributed by atoms with E-state index in [4.69, 9.17) is 6.58 Å². The minimum Gasteiger partial charge on any atom is -0.481 e. The van der Waals surface area contributed by atoms with Gasteiger partial charge >= 0.3 is 5.97 Å². The molecule has 0 amide bonds. The van der Waals surface area contributed by atoms with Crippen molar-refractivity contribution in [3.63, 3.8) is 0 Å². The second-order valence-electron chi connectivity index (χ2n) is 26.7. The molecule has 17 rings (SSSR count). The summed E-state index contributed by atoms with van der Waals surface area (Å²) in [6, 6.07) is 18.6. The first-order valence-electron chi connectivity index (χ1n) is 30.6. The van der Waals surface area contributed by atoms with Gasteiger partial charge in [-0.3, -0.25) is 4.79 Å². The molecule has 6 heteroatoms. The number of aliphatic carboxylic acids is 1. The highest BCUT2D eigenvalue weighted by Crippen LogP contribution is 2.81. The van der Waals surface area contributed by atoms with Gasteiger partial charge in [-0.1, -0.05) is 161 Å². The van der Waals surface area contributed by atoms with E-state index in [2.05, 4.69) is 121 Å².